The van der Waals surface area contributed by atoms with Gasteiger partial charge in [0.1, 0.15) is 11.2 Å². The first-order valence-corrected chi connectivity index (χ1v) is 14.3. The van der Waals surface area contributed by atoms with Crippen molar-refractivity contribution in [3.8, 4) is 0 Å². The predicted octanol–water partition coefficient (Wildman–Crippen LogP) is 6.05. The van der Waals surface area contributed by atoms with Crippen molar-refractivity contribution in [1.82, 2.24) is 4.90 Å². The van der Waals surface area contributed by atoms with E-state index in [4.69, 9.17) is 9.15 Å². The number of rotatable bonds is 5. The first-order chi connectivity index (χ1) is 16.4. The van der Waals surface area contributed by atoms with Gasteiger partial charge in [-0.15, -0.1) is 0 Å². The van der Waals surface area contributed by atoms with E-state index in [1.165, 1.54) is 77.4 Å². The topological polar surface area (TPSA) is 49.1 Å². The van der Waals surface area contributed by atoms with Gasteiger partial charge in [-0.1, -0.05) is 25.5 Å². The Morgan fingerprint density at radius 1 is 1.12 bits per heavy atom. The number of fused-ring (bicyclic) bond motifs is 3. The van der Waals surface area contributed by atoms with Gasteiger partial charge in [0.25, 0.3) is 0 Å². The molecule has 8 atom stereocenters. The molecule has 1 N–H and O–H groups in total. The van der Waals surface area contributed by atoms with Gasteiger partial charge in [0.05, 0.1) is 18.6 Å². The van der Waals surface area contributed by atoms with Crippen LogP contribution in [0.5, 0.6) is 0 Å². The van der Waals surface area contributed by atoms with Crippen molar-refractivity contribution in [2.24, 2.45) is 28.6 Å². The van der Waals surface area contributed by atoms with Gasteiger partial charge in [-0.05, 0) is 113 Å². The van der Waals surface area contributed by atoms with Crippen LogP contribution in [0.2, 0.25) is 0 Å². The van der Waals surface area contributed by atoms with Gasteiger partial charge in [0.15, 0.2) is 0 Å². The smallest absolute Gasteiger partial charge is 0.106 e. The molecule has 3 unspecified atom stereocenters. The number of aliphatic hydroxyl groups is 1. The zero-order valence-electron chi connectivity index (χ0n) is 21.2. The first-order valence-electron chi connectivity index (χ1n) is 14.3. The summed E-state index contributed by atoms with van der Waals surface area (Å²) in [5.74, 6) is 2.10. The molecule has 1 spiro atoms. The number of furan rings is 1. The third kappa shape index (κ3) is 2.77. The number of allylic oxidation sites excluding steroid dienone is 2. The summed E-state index contributed by atoms with van der Waals surface area (Å²) < 4.78 is 12.1. The van der Waals surface area contributed by atoms with E-state index < -0.39 is 5.60 Å². The molecule has 6 aliphatic rings. The highest BCUT2D eigenvalue weighted by atomic mass is 16.6. The summed E-state index contributed by atoms with van der Waals surface area (Å²) in [5, 5.41) is 12.1. The molecule has 4 heteroatoms. The number of hydrogen-bond acceptors (Lipinski definition) is 4. The monoisotopic (exact) mass is 465 g/mol. The molecule has 0 radical (unpaired) electrons. The van der Waals surface area contributed by atoms with Crippen LogP contribution in [0, 0.1) is 28.6 Å². The van der Waals surface area contributed by atoms with Crippen LogP contribution < -0.4 is 0 Å². The Hall–Kier alpha value is -1.10. The van der Waals surface area contributed by atoms with Crippen LogP contribution in [-0.2, 0) is 10.3 Å². The van der Waals surface area contributed by atoms with Gasteiger partial charge < -0.3 is 19.2 Å². The largest absolute Gasteiger partial charge is 0.472 e. The molecule has 0 aromatic carbocycles. The molecule has 7 rings (SSSR count). The maximum Gasteiger partial charge on any atom is 0.106 e. The Morgan fingerprint density at radius 3 is 2.76 bits per heavy atom. The number of epoxide rings is 1. The first kappa shape index (κ1) is 22.1. The Balaban J connectivity index is 1.12. The molecule has 0 amide bonds. The Bertz CT molecular complexity index is 966. The van der Waals surface area contributed by atoms with Crippen molar-refractivity contribution in [1.29, 1.82) is 0 Å². The number of ether oxygens (including phenoxy) is 1. The van der Waals surface area contributed by atoms with Gasteiger partial charge in [0, 0.05) is 17.4 Å². The van der Waals surface area contributed by atoms with Crippen molar-refractivity contribution < 1.29 is 14.3 Å². The van der Waals surface area contributed by atoms with Gasteiger partial charge in [-0.3, -0.25) is 0 Å². The van der Waals surface area contributed by atoms with Crippen molar-refractivity contribution in [2.75, 3.05) is 19.6 Å². The summed E-state index contributed by atoms with van der Waals surface area (Å²) in [4.78, 5) is 2.68. The molecule has 1 aromatic rings. The third-order valence-corrected chi connectivity index (χ3v) is 12.0. The Labute approximate surface area is 205 Å². The van der Waals surface area contributed by atoms with E-state index in [-0.39, 0.29) is 17.1 Å². The lowest BCUT2D eigenvalue weighted by Crippen LogP contribution is -2.59. The van der Waals surface area contributed by atoms with Crippen LogP contribution in [0.3, 0.4) is 0 Å². The average Bonchev–Trinajstić information content (AvgIpc) is 3.25. The lowest BCUT2D eigenvalue weighted by molar-refractivity contribution is -0.175. The minimum Gasteiger partial charge on any atom is -0.472 e. The van der Waals surface area contributed by atoms with Crippen LogP contribution in [0.15, 0.2) is 34.7 Å². The second kappa shape index (κ2) is 7.46. The molecule has 3 heterocycles. The van der Waals surface area contributed by atoms with E-state index >= 15 is 0 Å². The second-order valence-electron chi connectivity index (χ2n) is 13.2. The summed E-state index contributed by atoms with van der Waals surface area (Å²) in [6.07, 6.45) is 20.0. The molecular weight excluding hydrogens is 422 g/mol. The summed E-state index contributed by atoms with van der Waals surface area (Å²) in [7, 11) is 0. The van der Waals surface area contributed by atoms with Crippen LogP contribution in [0.4, 0.5) is 0 Å². The summed E-state index contributed by atoms with van der Waals surface area (Å²) in [6.45, 7) is 8.89. The minimum atomic E-state index is -0.824. The average molecular weight is 466 g/mol. The van der Waals surface area contributed by atoms with Gasteiger partial charge in [-0.25, -0.2) is 0 Å². The molecule has 2 aliphatic heterocycles. The van der Waals surface area contributed by atoms with E-state index in [0.717, 1.165) is 24.3 Å². The third-order valence-electron chi connectivity index (χ3n) is 12.0. The number of nitrogens with zero attached hydrogens (tertiary/aromatic N) is 1. The fourth-order valence-corrected chi connectivity index (χ4v) is 10.2. The molecule has 34 heavy (non-hydrogen) atoms. The fraction of sp³-hybridized carbons (Fsp3) is 0.800. The normalized spacial score (nSPS) is 49.7. The quantitative estimate of drug-likeness (QED) is 0.425. The fourth-order valence-electron chi connectivity index (χ4n) is 10.2. The van der Waals surface area contributed by atoms with Crippen LogP contribution in [0.1, 0.15) is 90.0 Å². The van der Waals surface area contributed by atoms with Crippen LogP contribution >= 0.6 is 0 Å². The van der Waals surface area contributed by atoms with Crippen molar-refractivity contribution in [3.63, 3.8) is 0 Å². The molecule has 4 aliphatic carbocycles. The Morgan fingerprint density at radius 2 is 1.97 bits per heavy atom. The summed E-state index contributed by atoms with van der Waals surface area (Å²) in [5.41, 5.74) is 1.85. The van der Waals surface area contributed by atoms with Gasteiger partial charge >= 0.3 is 0 Å². The highest BCUT2D eigenvalue weighted by Crippen LogP contribution is 2.78. The lowest BCUT2D eigenvalue weighted by Gasteiger charge is -2.60. The van der Waals surface area contributed by atoms with Crippen molar-refractivity contribution in [2.45, 2.75) is 102 Å². The molecule has 186 valence electrons. The molecule has 3 saturated carbocycles. The van der Waals surface area contributed by atoms with E-state index in [2.05, 4.69) is 24.8 Å². The maximum atomic E-state index is 12.1. The maximum absolute atomic E-state index is 12.1. The van der Waals surface area contributed by atoms with Crippen molar-refractivity contribution in [3.05, 3.63) is 35.8 Å². The minimum absolute atomic E-state index is 0.140. The lowest BCUT2D eigenvalue weighted by atomic mass is 9.45. The number of hydrogen-bond donors (Lipinski definition) is 1. The van der Waals surface area contributed by atoms with E-state index in [9.17, 15) is 5.11 Å². The van der Waals surface area contributed by atoms with Crippen LogP contribution in [-0.4, -0.2) is 41.3 Å². The summed E-state index contributed by atoms with van der Waals surface area (Å²) >= 11 is 0. The van der Waals surface area contributed by atoms with Gasteiger partial charge in [0.2, 0.25) is 0 Å². The summed E-state index contributed by atoms with van der Waals surface area (Å²) in [6, 6.07) is 1.98. The van der Waals surface area contributed by atoms with E-state index in [1.54, 1.807) is 18.1 Å². The SMILES string of the molecule is C[C@]12CC(CCCN3CCCC3)CC=C1CC[C@@H]1[C@H]2CC[C@]2(C)C(O)(c3ccoc3)CC3O[C@]312. The highest BCUT2D eigenvalue weighted by molar-refractivity contribution is 5.39. The zero-order valence-corrected chi connectivity index (χ0v) is 21.2. The van der Waals surface area contributed by atoms with Crippen molar-refractivity contribution >= 4 is 0 Å². The number of likely N-dealkylation sites (tertiary alicyclic amines) is 1. The molecular formula is C30H43NO3. The van der Waals surface area contributed by atoms with Gasteiger partial charge in [-0.2, -0.15) is 0 Å². The molecule has 4 nitrogen and oxygen atoms in total. The van der Waals surface area contributed by atoms with Crippen LogP contribution in [0.25, 0.3) is 0 Å². The molecule has 5 fully saturated rings. The Kier molecular flexibility index (Phi) is 4.85. The predicted molar refractivity (Wildman–Crippen MR) is 132 cm³/mol. The van der Waals surface area contributed by atoms with E-state index in [1.807, 2.05) is 6.07 Å². The zero-order chi connectivity index (χ0) is 23.2. The second-order valence-corrected chi connectivity index (χ2v) is 13.2. The standard InChI is InChI=1S/C30H43NO3/c1-27-18-21(6-5-16-31-14-3-4-15-31)7-8-22(27)9-10-25-24(27)11-13-28(2)29(32,23-12-17-33-20-23)19-26-30(25,28)34-26/h8,12,17,20-21,24-26,32H,3-7,9-11,13-16,18-19H2,1-2H3/t21?,24-,25-,26?,27+,28-,29?,30+/m1/s1. The molecule has 0 bridgehead atoms. The molecule has 1 aromatic heterocycles. The highest BCUT2D eigenvalue weighted by Gasteiger charge is 2.84. The van der Waals surface area contributed by atoms with E-state index in [0.29, 0.717) is 17.3 Å². The molecule has 2 saturated heterocycles.